The summed E-state index contributed by atoms with van der Waals surface area (Å²) in [7, 11) is 1.72. The lowest BCUT2D eigenvalue weighted by molar-refractivity contribution is 0.414. The quantitative estimate of drug-likeness (QED) is 0.646. The molecule has 7 heteroatoms. The van der Waals surface area contributed by atoms with Gasteiger partial charge in [0.05, 0.1) is 12.8 Å². The number of rotatable bonds is 7. The molecule has 1 unspecified atom stereocenters. The van der Waals surface area contributed by atoms with E-state index in [4.69, 9.17) is 4.74 Å². The van der Waals surface area contributed by atoms with Gasteiger partial charge in [-0.1, -0.05) is 35.6 Å². The van der Waals surface area contributed by atoms with Gasteiger partial charge in [0.15, 0.2) is 0 Å². The zero-order valence-electron chi connectivity index (χ0n) is 15.8. The third kappa shape index (κ3) is 4.42. The molecule has 2 heterocycles. The van der Waals surface area contributed by atoms with Crippen molar-refractivity contribution in [2.75, 3.05) is 37.0 Å². The third-order valence-corrected chi connectivity index (χ3v) is 5.87. The number of ether oxygens (including phenoxy) is 1. The van der Waals surface area contributed by atoms with Crippen LogP contribution in [-0.4, -0.2) is 36.9 Å². The number of nitrogens with one attached hydrogen (secondary N) is 1. The number of halogens is 1. The number of hydrogen-bond acceptors (Lipinski definition) is 6. The van der Waals surface area contributed by atoms with E-state index in [9.17, 15) is 4.39 Å². The summed E-state index contributed by atoms with van der Waals surface area (Å²) in [5.41, 5.74) is 2.19. The van der Waals surface area contributed by atoms with Crippen molar-refractivity contribution in [1.82, 2.24) is 10.2 Å². The van der Waals surface area contributed by atoms with Crippen molar-refractivity contribution in [2.24, 2.45) is 5.92 Å². The molecule has 2 aromatic carbocycles. The zero-order chi connectivity index (χ0) is 19.3. The maximum Gasteiger partial charge on any atom is 0.205 e. The molecule has 146 valence electrons. The second kappa shape index (κ2) is 8.56. The van der Waals surface area contributed by atoms with E-state index in [0.29, 0.717) is 12.3 Å². The molecule has 4 rings (SSSR count). The fourth-order valence-corrected chi connectivity index (χ4v) is 4.29. The van der Waals surface area contributed by atoms with Crippen LogP contribution in [-0.2, 0) is 6.42 Å². The van der Waals surface area contributed by atoms with Gasteiger partial charge in [0.25, 0.3) is 0 Å². The van der Waals surface area contributed by atoms with Crippen LogP contribution >= 0.6 is 11.3 Å². The van der Waals surface area contributed by atoms with E-state index >= 15 is 0 Å². The number of anilines is 2. The number of methoxy groups -OCH3 is 1. The number of nitrogens with zero attached hydrogens (tertiary/aromatic N) is 3. The van der Waals surface area contributed by atoms with Crippen LogP contribution < -0.4 is 15.0 Å². The van der Waals surface area contributed by atoms with Crippen LogP contribution in [0.4, 0.5) is 15.2 Å². The van der Waals surface area contributed by atoms with Gasteiger partial charge >= 0.3 is 0 Å². The number of hydrogen-bond donors (Lipinski definition) is 1. The van der Waals surface area contributed by atoms with Gasteiger partial charge in [0, 0.05) is 26.1 Å². The van der Waals surface area contributed by atoms with Gasteiger partial charge in [0.1, 0.15) is 16.6 Å². The number of aromatic nitrogens is 2. The van der Waals surface area contributed by atoms with Gasteiger partial charge in [-0.3, -0.25) is 0 Å². The lowest BCUT2D eigenvalue weighted by Gasteiger charge is -2.21. The molecule has 0 spiro atoms. The predicted molar refractivity (Wildman–Crippen MR) is 111 cm³/mol. The summed E-state index contributed by atoms with van der Waals surface area (Å²) in [4.78, 5) is 2.38. The van der Waals surface area contributed by atoms with Gasteiger partial charge in [0.2, 0.25) is 5.13 Å². The smallest absolute Gasteiger partial charge is 0.205 e. The Morgan fingerprint density at radius 1 is 1.18 bits per heavy atom. The van der Waals surface area contributed by atoms with E-state index in [1.54, 1.807) is 30.6 Å². The second-order valence-corrected chi connectivity index (χ2v) is 8.02. The molecule has 0 aliphatic carbocycles. The highest BCUT2D eigenvalue weighted by molar-refractivity contribution is 7.15. The average Bonchev–Trinajstić information content (AvgIpc) is 3.37. The van der Waals surface area contributed by atoms with Crippen LogP contribution in [0.25, 0.3) is 0 Å². The molecule has 5 nitrogen and oxygen atoms in total. The second-order valence-electron chi connectivity index (χ2n) is 6.96. The molecule has 0 saturated carbocycles. The van der Waals surface area contributed by atoms with Crippen molar-refractivity contribution in [3.05, 3.63) is 64.9 Å². The molecule has 1 aliphatic rings. The Morgan fingerprint density at radius 3 is 2.82 bits per heavy atom. The Morgan fingerprint density at radius 2 is 2.00 bits per heavy atom. The Hall–Kier alpha value is -2.67. The molecule has 1 atom stereocenters. The topological polar surface area (TPSA) is 50.3 Å². The van der Waals surface area contributed by atoms with Crippen LogP contribution in [0, 0.1) is 11.7 Å². The first-order valence-electron chi connectivity index (χ1n) is 9.40. The third-order valence-electron chi connectivity index (χ3n) is 4.99. The van der Waals surface area contributed by atoms with Crippen molar-refractivity contribution in [3.8, 4) is 5.75 Å². The minimum Gasteiger partial charge on any atom is -0.495 e. The molecule has 1 aliphatic heterocycles. The van der Waals surface area contributed by atoms with Gasteiger partial charge in [-0.15, -0.1) is 10.2 Å². The summed E-state index contributed by atoms with van der Waals surface area (Å²) >= 11 is 1.56. The molecule has 1 saturated heterocycles. The predicted octanol–water partition coefficient (Wildman–Crippen LogP) is 4.22. The highest BCUT2D eigenvalue weighted by Crippen LogP contribution is 2.32. The largest absolute Gasteiger partial charge is 0.495 e. The summed E-state index contributed by atoms with van der Waals surface area (Å²) < 4.78 is 18.5. The monoisotopic (exact) mass is 398 g/mol. The highest BCUT2D eigenvalue weighted by Gasteiger charge is 2.24. The van der Waals surface area contributed by atoms with Crippen LogP contribution in [0.3, 0.4) is 0 Å². The van der Waals surface area contributed by atoms with Crippen molar-refractivity contribution in [3.63, 3.8) is 0 Å². The maximum absolute atomic E-state index is 13.0. The lowest BCUT2D eigenvalue weighted by Crippen LogP contribution is -2.22. The van der Waals surface area contributed by atoms with Crippen LogP contribution in [0.15, 0.2) is 48.5 Å². The molecule has 3 aromatic rings. The molecule has 1 N–H and O–H groups in total. The SMILES string of the molecule is COc1ccccc1N1CCC(CNc2nnc(Cc3ccc(F)cc3)s2)C1. The fraction of sp³-hybridized carbons (Fsp3) is 0.333. The molecule has 0 bridgehead atoms. The van der Waals surface area contributed by atoms with Crippen LogP contribution in [0.1, 0.15) is 17.0 Å². The normalized spacial score (nSPS) is 16.4. The van der Waals surface area contributed by atoms with E-state index in [-0.39, 0.29) is 5.82 Å². The number of para-hydroxylation sites is 2. The van der Waals surface area contributed by atoms with Crippen molar-refractivity contribution < 1.29 is 9.13 Å². The summed E-state index contributed by atoms with van der Waals surface area (Å²) in [6.07, 6.45) is 1.80. The van der Waals surface area contributed by atoms with E-state index < -0.39 is 0 Å². The van der Waals surface area contributed by atoms with Crippen LogP contribution in [0.5, 0.6) is 5.75 Å². The highest BCUT2D eigenvalue weighted by atomic mass is 32.1. The first kappa shape index (κ1) is 18.7. The van der Waals surface area contributed by atoms with Gasteiger partial charge < -0.3 is 15.0 Å². The Kier molecular flexibility index (Phi) is 5.71. The molecule has 28 heavy (non-hydrogen) atoms. The Balaban J connectivity index is 1.29. The zero-order valence-corrected chi connectivity index (χ0v) is 16.6. The minimum atomic E-state index is -0.220. The summed E-state index contributed by atoms with van der Waals surface area (Å²) in [6, 6.07) is 14.7. The summed E-state index contributed by atoms with van der Waals surface area (Å²) in [6.45, 7) is 2.89. The maximum atomic E-state index is 13.0. The van der Waals surface area contributed by atoms with Gasteiger partial charge in [-0.25, -0.2) is 4.39 Å². The Labute approximate surface area is 168 Å². The van der Waals surface area contributed by atoms with E-state index in [1.165, 1.54) is 12.1 Å². The minimum absolute atomic E-state index is 0.220. The molecule has 1 aromatic heterocycles. The van der Waals surface area contributed by atoms with Crippen molar-refractivity contribution >= 4 is 22.2 Å². The molecule has 0 radical (unpaired) electrons. The van der Waals surface area contributed by atoms with Crippen molar-refractivity contribution in [1.29, 1.82) is 0 Å². The lowest BCUT2D eigenvalue weighted by atomic mass is 10.1. The molecular weight excluding hydrogens is 375 g/mol. The summed E-state index contributed by atoms with van der Waals surface area (Å²) in [5.74, 6) is 1.25. The standard InChI is InChI=1S/C21H23FN4OS/c1-27-19-5-3-2-4-18(19)26-11-10-16(14-26)13-23-21-25-24-20(28-21)12-15-6-8-17(22)9-7-15/h2-9,16H,10-14H2,1H3,(H,23,25). The molecule has 0 amide bonds. The molecular formula is C21H23FN4OS. The fourth-order valence-electron chi connectivity index (χ4n) is 3.51. The molecule has 1 fully saturated rings. The number of benzene rings is 2. The average molecular weight is 399 g/mol. The Bertz CT molecular complexity index is 915. The van der Waals surface area contributed by atoms with E-state index in [0.717, 1.165) is 53.2 Å². The van der Waals surface area contributed by atoms with Crippen LogP contribution in [0.2, 0.25) is 0 Å². The van der Waals surface area contributed by atoms with Gasteiger partial charge in [-0.05, 0) is 42.2 Å². The first-order chi connectivity index (χ1) is 13.7. The van der Waals surface area contributed by atoms with Crippen molar-refractivity contribution in [2.45, 2.75) is 12.8 Å². The van der Waals surface area contributed by atoms with Gasteiger partial charge in [-0.2, -0.15) is 0 Å². The summed E-state index contributed by atoms with van der Waals surface area (Å²) in [5, 5.41) is 13.7. The van der Waals surface area contributed by atoms with E-state index in [1.807, 2.05) is 18.2 Å². The first-order valence-corrected chi connectivity index (χ1v) is 10.2. The van der Waals surface area contributed by atoms with E-state index in [2.05, 4.69) is 26.5 Å².